The standard InChI is InChI=1S/C8H3FN2/c1-11-7-2-3-8(9)6(4-7)5-10/h2-4H. The molecule has 0 fully saturated rings. The van der Waals surface area contributed by atoms with Crippen LogP contribution in [0.3, 0.4) is 0 Å². The minimum absolute atomic E-state index is 0.0847. The molecule has 0 radical (unpaired) electrons. The Hall–Kier alpha value is -1.87. The summed E-state index contributed by atoms with van der Waals surface area (Å²) in [5.41, 5.74) is 0.196. The molecule has 0 saturated heterocycles. The summed E-state index contributed by atoms with van der Waals surface area (Å²) in [5.74, 6) is -0.583. The molecule has 0 aromatic heterocycles. The molecule has 0 unspecified atom stereocenters. The van der Waals surface area contributed by atoms with E-state index in [0.29, 0.717) is 0 Å². The lowest BCUT2D eigenvalue weighted by Crippen LogP contribution is -1.79. The summed E-state index contributed by atoms with van der Waals surface area (Å²) in [6.45, 7) is 6.58. The third kappa shape index (κ3) is 1.33. The van der Waals surface area contributed by atoms with E-state index in [1.165, 1.54) is 12.1 Å². The smallest absolute Gasteiger partial charge is 0.188 e. The molecule has 3 heteroatoms. The SMILES string of the molecule is [C-]#[N+]c1ccc(F)c(C#N)c1. The van der Waals surface area contributed by atoms with Crippen molar-refractivity contribution in [2.45, 2.75) is 0 Å². The predicted octanol–water partition coefficient (Wildman–Crippen LogP) is 2.25. The fraction of sp³-hybridized carbons (Fsp3) is 0. The molecule has 0 bridgehead atoms. The molecular weight excluding hydrogens is 143 g/mol. The lowest BCUT2D eigenvalue weighted by Gasteiger charge is -1.91. The Morgan fingerprint density at radius 1 is 1.55 bits per heavy atom. The molecule has 0 aliphatic carbocycles. The Bertz CT molecular complexity index is 357. The summed E-state index contributed by atoms with van der Waals surface area (Å²) in [6, 6.07) is 5.33. The number of nitrogens with zero attached hydrogens (tertiary/aromatic N) is 2. The Labute approximate surface area is 63.3 Å². The second kappa shape index (κ2) is 2.81. The molecule has 0 amide bonds. The van der Waals surface area contributed by atoms with Gasteiger partial charge in [0.25, 0.3) is 0 Å². The molecule has 52 valence electrons. The van der Waals surface area contributed by atoms with Gasteiger partial charge in [0.15, 0.2) is 5.69 Å². The van der Waals surface area contributed by atoms with Crippen LogP contribution in [-0.2, 0) is 0 Å². The first-order valence-corrected chi connectivity index (χ1v) is 2.85. The van der Waals surface area contributed by atoms with E-state index in [0.717, 1.165) is 6.07 Å². The van der Waals surface area contributed by atoms with Crippen molar-refractivity contribution in [2.24, 2.45) is 0 Å². The molecular formula is C8H3FN2. The lowest BCUT2D eigenvalue weighted by molar-refractivity contribution is 0.624. The minimum Gasteiger partial charge on any atom is -0.238 e. The van der Waals surface area contributed by atoms with Crippen LogP contribution in [-0.4, -0.2) is 0 Å². The summed E-state index contributed by atoms with van der Waals surface area (Å²) in [5, 5.41) is 8.35. The van der Waals surface area contributed by atoms with Gasteiger partial charge >= 0.3 is 0 Å². The third-order valence-electron chi connectivity index (χ3n) is 1.20. The van der Waals surface area contributed by atoms with Crippen LogP contribution in [0.2, 0.25) is 0 Å². The van der Waals surface area contributed by atoms with Gasteiger partial charge in [-0.3, -0.25) is 0 Å². The topological polar surface area (TPSA) is 28.1 Å². The number of nitriles is 1. The average molecular weight is 146 g/mol. The maximum Gasteiger partial charge on any atom is 0.188 e. The fourth-order valence-corrected chi connectivity index (χ4v) is 0.668. The summed E-state index contributed by atoms with van der Waals surface area (Å²) in [7, 11) is 0. The molecule has 1 aromatic rings. The molecule has 1 aromatic carbocycles. The highest BCUT2D eigenvalue weighted by atomic mass is 19.1. The van der Waals surface area contributed by atoms with Gasteiger partial charge in [0.2, 0.25) is 0 Å². The van der Waals surface area contributed by atoms with Gasteiger partial charge in [0, 0.05) is 0 Å². The van der Waals surface area contributed by atoms with Crippen LogP contribution in [0.25, 0.3) is 4.85 Å². The monoisotopic (exact) mass is 146 g/mol. The molecule has 0 aliphatic rings. The second-order valence-corrected chi connectivity index (χ2v) is 1.89. The maximum absolute atomic E-state index is 12.6. The third-order valence-corrected chi connectivity index (χ3v) is 1.20. The molecule has 1 rings (SSSR count). The molecule has 0 atom stereocenters. The van der Waals surface area contributed by atoms with Crippen LogP contribution in [0.5, 0.6) is 0 Å². The summed E-state index contributed by atoms with van der Waals surface area (Å²) in [4.78, 5) is 3.05. The first-order chi connectivity index (χ1) is 5.27. The zero-order valence-electron chi connectivity index (χ0n) is 5.50. The van der Waals surface area contributed by atoms with Crippen molar-refractivity contribution in [2.75, 3.05) is 0 Å². The predicted molar refractivity (Wildman–Crippen MR) is 37.4 cm³/mol. The van der Waals surface area contributed by atoms with Crippen LogP contribution in [0.4, 0.5) is 10.1 Å². The largest absolute Gasteiger partial charge is 0.238 e. The van der Waals surface area contributed by atoms with Crippen molar-refractivity contribution in [3.8, 4) is 6.07 Å². The lowest BCUT2D eigenvalue weighted by atomic mass is 10.2. The van der Waals surface area contributed by atoms with Gasteiger partial charge in [0.1, 0.15) is 11.9 Å². The Kier molecular flexibility index (Phi) is 1.85. The Morgan fingerprint density at radius 3 is 2.82 bits per heavy atom. The van der Waals surface area contributed by atoms with Crippen LogP contribution >= 0.6 is 0 Å². The van der Waals surface area contributed by atoms with Crippen molar-refractivity contribution >= 4 is 5.69 Å². The normalized spacial score (nSPS) is 8.27. The number of benzene rings is 1. The first-order valence-electron chi connectivity index (χ1n) is 2.85. The van der Waals surface area contributed by atoms with E-state index in [2.05, 4.69) is 4.85 Å². The van der Waals surface area contributed by atoms with Crippen LogP contribution in [0.1, 0.15) is 5.56 Å². The highest BCUT2D eigenvalue weighted by Gasteiger charge is 2.00. The molecule has 0 saturated carbocycles. The van der Waals surface area contributed by atoms with Crippen molar-refractivity contribution in [3.63, 3.8) is 0 Å². The zero-order valence-corrected chi connectivity index (χ0v) is 5.50. The highest BCUT2D eigenvalue weighted by molar-refractivity contribution is 5.50. The Balaban J connectivity index is 3.29. The number of hydrogen-bond donors (Lipinski definition) is 0. The maximum atomic E-state index is 12.6. The number of hydrogen-bond acceptors (Lipinski definition) is 1. The molecule has 0 aliphatic heterocycles. The summed E-state index contributed by atoms with van der Waals surface area (Å²) in [6.07, 6.45) is 0. The van der Waals surface area contributed by atoms with E-state index in [-0.39, 0.29) is 11.3 Å². The van der Waals surface area contributed by atoms with Gasteiger partial charge in [-0.15, -0.1) is 0 Å². The second-order valence-electron chi connectivity index (χ2n) is 1.89. The van der Waals surface area contributed by atoms with Gasteiger partial charge in [-0.1, -0.05) is 6.07 Å². The van der Waals surface area contributed by atoms with E-state index in [1.807, 2.05) is 0 Å². The van der Waals surface area contributed by atoms with E-state index < -0.39 is 5.82 Å². The number of halogens is 1. The first kappa shape index (κ1) is 7.24. The average Bonchev–Trinajstić information content (AvgIpc) is 2.05. The van der Waals surface area contributed by atoms with Crippen molar-refractivity contribution < 1.29 is 4.39 Å². The molecule has 11 heavy (non-hydrogen) atoms. The minimum atomic E-state index is -0.583. The van der Waals surface area contributed by atoms with Gasteiger partial charge in [-0.2, -0.15) is 5.26 Å². The van der Waals surface area contributed by atoms with Crippen molar-refractivity contribution in [3.05, 3.63) is 41.0 Å². The highest BCUT2D eigenvalue weighted by Crippen LogP contribution is 2.15. The zero-order chi connectivity index (χ0) is 8.27. The van der Waals surface area contributed by atoms with E-state index in [1.54, 1.807) is 6.07 Å². The molecule has 0 spiro atoms. The fourth-order valence-electron chi connectivity index (χ4n) is 0.668. The van der Waals surface area contributed by atoms with Crippen LogP contribution in [0, 0.1) is 23.7 Å². The van der Waals surface area contributed by atoms with E-state index in [4.69, 9.17) is 11.8 Å². The number of rotatable bonds is 0. The quantitative estimate of drug-likeness (QED) is 0.516. The van der Waals surface area contributed by atoms with Crippen LogP contribution < -0.4 is 0 Å². The van der Waals surface area contributed by atoms with Crippen LogP contribution in [0.15, 0.2) is 18.2 Å². The molecule has 0 heterocycles. The van der Waals surface area contributed by atoms with Gasteiger partial charge in [-0.05, 0) is 12.1 Å². The van der Waals surface area contributed by atoms with Gasteiger partial charge in [-0.25, -0.2) is 9.24 Å². The van der Waals surface area contributed by atoms with E-state index in [9.17, 15) is 4.39 Å². The Morgan fingerprint density at radius 2 is 2.27 bits per heavy atom. The van der Waals surface area contributed by atoms with Crippen molar-refractivity contribution in [1.29, 1.82) is 5.26 Å². The summed E-state index contributed by atoms with van der Waals surface area (Å²) < 4.78 is 12.6. The van der Waals surface area contributed by atoms with E-state index >= 15 is 0 Å². The molecule has 0 N–H and O–H groups in total. The van der Waals surface area contributed by atoms with Gasteiger partial charge in [0.05, 0.1) is 12.1 Å². The summed E-state index contributed by atoms with van der Waals surface area (Å²) >= 11 is 0. The van der Waals surface area contributed by atoms with Crippen molar-refractivity contribution in [1.82, 2.24) is 0 Å². The molecule has 2 nitrogen and oxygen atoms in total. The van der Waals surface area contributed by atoms with Gasteiger partial charge < -0.3 is 0 Å².